The Bertz CT molecular complexity index is 598. The van der Waals surface area contributed by atoms with Gasteiger partial charge in [0.2, 0.25) is 0 Å². The average molecular weight is 293 g/mol. The van der Waals surface area contributed by atoms with Gasteiger partial charge in [-0.2, -0.15) is 0 Å². The lowest BCUT2D eigenvalue weighted by atomic mass is 10.1. The van der Waals surface area contributed by atoms with Gasteiger partial charge in [0, 0.05) is 24.4 Å². The van der Waals surface area contributed by atoms with Crippen LogP contribution in [0.4, 0.5) is 10.1 Å². The maximum absolute atomic E-state index is 14.0. The normalized spacial score (nSPS) is 12.2. The van der Waals surface area contributed by atoms with Crippen molar-refractivity contribution in [3.63, 3.8) is 0 Å². The van der Waals surface area contributed by atoms with Crippen molar-refractivity contribution in [1.29, 1.82) is 0 Å². The van der Waals surface area contributed by atoms with Gasteiger partial charge in [-0.3, -0.25) is 0 Å². The Morgan fingerprint density at radius 1 is 1.40 bits per heavy atom. The predicted octanol–water partition coefficient (Wildman–Crippen LogP) is 3.65. The summed E-state index contributed by atoms with van der Waals surface area (Å²) in [6.45, 7) is 1.96. The molecule has 1 aromatic heterocycles. The number of benzene rings is 1. The number of halogens is 1. The predicted molar refractivity (Wildman–Crippen MR) is 79.2 cm³/mol. The average Bonchev–Trinajstić information content (AvgIpc) is 2.90. The zero-order chi connectivity index (χ0) is 14.7. The summed E-state index contributed by atoms with van der Waals surface area (Å²) >= 11 is 1.64. The molecule has 0 saturated heterocycles. The lowest BCUT2D eigenvalue weighted by Crippen LogP contribution is -2.32. The second-order valence-electron chi connectivity index (χ2n) is 4.68. The first-order valence-corrected chi connectivity index (χ1v) is 7.15. The molecule has 106 valence electrons. The number of thiophene rings is 1. The van der Waals surface area contributed by atoms with Crippen LogP contribution in [-0.2, 0) is 6.42 Å². The third-order valence-electron chi connectivity index (χ3n) is 3.31. The van der Waals surface area contributed by atoms with Gasteiger partial charge in [-0.1, -0.05) is 12.1 Å². The van der Waals surface area contributed by atoms with E-state index in [0.717, 1.165) is 6.42 Å². The molecule has 2 aromatic rings. The highest BCUT2D eigenvalue weighted by molar-refractivity contribution is 7.09. The summed E-state index contributed by atoms with van der Waals surface area (Å²) in [5.41, 5.74) is 0.134. The van der Waals surface area contributed by atoms with Crippen LogP contribution in [0, 0.1) is 5.82 Å². The molecule has 3 nitrogen and oxygen atoms in total. The van der Waals surface area contributed by atoms with Crippen molar-refractivity contribution in [2.75, 3.05) is 11.9 Å². The summed E-state index contributed by atoms with van der Waals surface area (Å²) in [6.07, 6.45) is 0.752. The van der Waals surface area contributed by atoms with Crippen molar-refractivity contribution < 1.29 is 14.3 Å². The monoisotopic (exact) mass is 293 g/mol. The first-order valence-electron chi connectivity index (χ1n) is 6.27. The zero-order valence-corrected chi connectivity index (χ0v) is 12.2. The number of hydrogen-bond donors (Lipinski definition) is 1. The number of para-hydroxylation sites is 1. The Morgan fingerprint density at radius 2 is 2.15 bits per heavy atom. The van der Waals surface area contributed by atoms with E-state index in [9.17, 15) is 14.3 Å². The topological polar surface area (TPSA) is 40.5 Å². The van der Waals surface area contributed by atoms with E-state index in [-0.39, 0.29) is 17.3 Å². The lowest BCUT2D eigenvalue weighted by Gasteiger charge is -2.28. The summed E-state index contributed by atoms with van der Waals surface area (Å²) in [5.74, 6) is -1.62. The van der Waals surface area contributed by atoms with Crippen LogP contribution in [0.25, 0.3) is 0 Å². The van der Waals surface area contributed by atoms with Crippen LogP contribution in [0.2, 0.25) is 0 Å². The molecule has 0 aliphatic carbocycles. The molecule has 2 rings (SSSR count). The van der Waals surface area contributed by atoms with Gasteiger partial charge in [0.1, 0.15) is 5.82 Å². The highest BCUT2D eigenvalue weighted by atomic mass is 32.1. The molecule has 0 aliphatic heterocycles. The van der Waals surface area contributed by atoms with Crippen molar-refractivity contribution >= 4 is 23.0 Å². The molecule has 0 amide bonds. The molecule has 0 aliphatic rings. The molecule has 0 saturated carbocycles. The van der Waals surface area contributed by atoms with Crippen LogP contribution in [0.1, 0.15) is 22.2 Å². The van der Waals surface area contributed by atoms with Crippen molar-refractivity contribution in [3.8, 4) is 0 Å². The van der Waals surface area contributed by atoms with Crippen LogP contribution in [0.15, 0.2) is 35.7 Å². The minimum Gasteiger partial charge on any atom is -0.478 e. The first-order chi connectivity index (χ1) is 9.50. The summed E-state index contributed by atoms with van der Waals surface area (Å²) in [4.78, 5) is 14.1. The molecule has 1 unspecified atom stereocenters. The Labute approximate surface area is 121 Å². The van der Waals surface area contributed by atoms with E-state index in [1.54, 1.807) is 23.3 Å². The number of rotatable bonds is 5. The quantitative estimate of drug-likeness (QED) is 0.914. The lowest BCUT2D eigenvalue weighted by molar-refractivity contribution is 0.0697. The second-order valence-corrected chi connectivity index (χ2v) is 5.72. The van der Waals surface area contributed by atoms with E-state index in [4.69, 9.17) is 0 Å². The molecule has 0 fully saturated rings. The minimum atomic E-state index is -1.12. The minimum absolute atomic E-state index is 0.00338. The van der Waals surface area contributed by atoms with E-state index in [1.165, 1.54) is 23.1 Å². The van der Waals surface area contributed by atoms with E-state index in [0.29, 0.717) is 0 Å². The molecule has 20 heavy (non-hydrogen) atoms. The maximum Gasteiger partial charge on any atom is 0.337 e. The van der Waals surface area contributed by atoms with Crippen LogP contribution >= 0.6 is 11.3 Å². The van der Waals surface area contributed by atoms with Gasteiger partial charge in [-0.05, 0) is 30.5 Å². The summed E-state index contributed by atoms with van der Waals surface area (Å²) < 4.78 is 14.0. The molecule has 1 N–H and O–H groups in total. The number of anilines is 1. The van der Waals surface area contributed by atoms with Gasteiger partial charge in [0.25, 0.3) is 0 Å². The SMILES string of the molecule is CC(Cc1cccs1)N(C)c1c(F)cccc1C(=O)O. The summed E-state index contributed by atoms with van der Waals surface area (Å²) in [6, 6.07) is 8.13. The number of likely N-dealkylation sites (N-methyl/N-ethyl adjacent to an activating group) is 1. The number of aromatic carboxylic acids is 1. The van der Waals surface area contributed by atoms with Gasteiger partial charge in [-0.25, -0.2) is 9.18 Å². The smallest absolute Gasteiger partial charge is 0.337 e. The van der Waals surface area contributed by atoms with Gasteiger partial charge in [0.05, 0.1) is 11.3 Å². The second kappa shape index (κ2) is 6.05. The molecule has 0 spiro atoms. The molecule has 0 radical (unpaired) electrons. The standard InChI is InChI=1S/C15H16FNO2S/c1-10(9-11-5-4-8-20-11)17(2)14-12(15(18)19)6-3-7-13(14)16/h3-8,10H,9H2,1-2H3,(H,18,19). The summed E-state index contributed by atoms with van der Waals surface area (Å²) in [5, 5.41) is 11.2. The van der Waals surface area contributed by atoms with Crippen molar-refractivity contribution in [2.45, 2.75) is 19.4 Å². The van der Waals surface area contributed by atoms with Gasteiger partial charge >= 0.3 is 5.97 Å². The molecule has 1 heterocycles. The molecule has 1 atom stereocenters. The Kier molecular flexibility index (Phi) is 4.39. The molecule has 5 heteroatoms. The Balaban J connectivity index is 2.28. The largest absolute Gasteiger partial charge is 0.478 e. The Morgan fingerprint density at radius 3 is 2.75 bits per heavy atom. The maximum atomic E-state index is 14.0. The van der Waals surface area contributed by atoms with Crippen LogP contribution < -0.4 is 4.90 Å². The molecule has 1 aromatic carbocycles. The first kappa shape index (κ1) is 14.5. The molecule has 0 bridgehead atoms. The fraction of sp³-hybridized carbons (Fsp3) is 0.267. The number of carboxylic acids is 1. The third-order valence-corrected chi connectivity index (χ3v) is 4.21. The zero-order valence-electron chi connectivity index (χ0n) is 11.3. The van der Waals surface area contributed by atoms with E-state index >= 15 is 0 Å². The highest BCUT2D eigenvalue weighted by Gasteiger charge is 2.21. The van der Waals surface area contributed by atoms with Crippen molar-refractivity contribution in [1.82, 2.24) is 0 Å². The fourth-order valence-corrected chi connectivity index (χ4v) is 2.95. The van der Waals surface area contributed by atoms with E-state index in [1.807, 2.05) is 24.4 Å². The van der Waals surface area contributed by atoms with Crippen molar-refractivity contribution in [3.05, 3.63) is 52.0 Å². The Hall–Kier alpha value is -1.88. The van der Waals surface area contributed by atoms with Crippen molar-refractivity contribution in [2.24, 2.45) is 0 Å². The van der Waals surface area contributed by atoms with Crippen LogP contribution in [-0.4, -0.2) is 24.2 Å². The highest BCUT2D eigenvalue weighted by Crippen LogP contribution is 2.26. The summed E-state index contributed by atoms with van der Waals surface area (Å²) in [7, 11) is 1.73. The third kappa shape index (κ3) is 2.99. The van der Waals surface area contributed by atoms with E-state index < -0.39 is 11.8 Å². The fourth-order valence-electron chi connectivity index (χ4n) is 2.12. The van der Waals surface area contributed by atoms with Crippen LogP contribution in [0.5, 0.6) is 0 Å². The number of carboxylic acid groups (broad SMARTS) is 1. The van der Waals surface area contributed by atoms with E-state index in [2.05, 4.69) is 0 Å². The molecular weight excluding hydrogens is 277 g/mol. The van der Waals surface area contributed by atoms with Crippen LogP contribution in [0.3, 0.4) is 0 Å². The number of carbonyl (C=O) groups is 1. The number of hydrogen-bond acceptors (Lipinski definition) is 3. The van der Waals surface area contributed by atoms with Gasteiger partial charge in [-0.15, -0.1) is 11.3 Å². The molecular formula is C15H16FNO2S. The number of nitrogens with zero attached hydrogens (tertiary/aromatic N) is 1. The van der Waals surface area contributed by atoms with Gasteiger partial charge < -0.3 is 10.0 Å². The van der Waals surface area contributed by atoms with Gasteiger partial charge in [0.15, 0.2) is 0 Å².